The Morgan fingerprint density at radius 3 is 2.60 bits per heavy atom. The number of nitrogens with one attached hydrogen (secondary N) is 1. The van der Waals surface area contributed by atoms with Crippen LogP contribution in [0.25, 0.3) is 0 Å². The number of carbonyl (C=O) groups is 2. The molecule has 1 fully saturated rings. The summed E-state index contributed by atoms with van der Waals surface area (Å²) in [5.41, 5.74) is 4.04. The van der Waals surface area contributed by atoms with Gasteiger partial charge in [-0.15, -0.1) is 0 Å². The number of phenolic OH excluding ortho intramolecular Hbond substituents is 1. The zero-order valence-corrected chi connectivity index (χ0v) is 22.3. The van der Waals surface area contributed by atoms with E-state index in [-0.39, 0.29) is 22.9 Å². The van der Waals surface area contributed by atoms with Crippen LogP contribution in [0, 0.1) is 18.3 Å². The van der Waals surface area contributed by atoms with Crippen LogP contribution < -0.4 is 10.1 Å². The van der Waals surface area contributed by atoms with Crippen LogP contribution in [0.3, 0.4) is 0 Å². The first-order valence-electron chi connectivity index (χ1n) is 11.9. The molecule has 0 spiro atoms. The molecule has 0 aromatic heterocycles. The molecule has 184 valence electrons. The third kappa shape index (κ3) is 4.92. The summed E-state index contributed by atoms with van der Waals surface area (Å²) in [4.78, 5) is 32.1. The molecule has 4 rings (SSSR count). The Labute approximate surface area is 214 Å². The van der Waals surface area contributed by atoms with Crippen LogP contribution in [0.4, 0.5) is 5.69 Å². The van der Waals surface area contributed by atoms with Gasteiger partial charge in [-0.2, -0.15) is 0 Å². The van der Waals surface area contributed by atoms with E-state index in [4.69, 9.17) is 9.73 Å². The third-order valence-electron chi connectivity index (χ3n) is 6.71. The highest BCUT2D eigenvalue weighted by Crippen LogP contribution is 2.49. The first-order chi connectivity index (χ1) is 16.5. The summed E-state index contributed by atoms with van der Waals surface area (Å²) in [5.74, 6) is -1.02. The zero-order valence-electron chi connectivity index (χ0n) is 20.7. The van der Waals surface area contributed by atoms with Crippen molar-refractivity contribution in [3.63, 3.8) is 0 Å². The molecule has 1 aliphatic carbocycles. The monoisotopic (exact) mass is 538 g/mol. The van der Waals surface area contributed by atoms with Gasteiger partial charge in [0, 0.05) is 35.0 Å². The van der Waals surface area contributed by atoms with Gasteiger partial charge >= 0.3 is 0 Å². The summed E-state index contributed by atoms with van der Waals surface area (Å²) >= 11 is 3.43. The van der Waals surface area contributed by atoms with E-state index in [1.807, 2.05) is 45.0 Å². The second-order valence-electron chi connectivity index (χ2n) is 10.1. The Hall–Kier alpha value is -2.93. The van der Waals surface area contributed by atoms with Gasteiger partial charge in [0.05, 0.1) is 17.0 Å². The smallest absolute Gasteiger partial charge is 0.254 e. The van der Waals surface area contributed by atoms with Gasteiger partial charge in [0.2, 0.25) is 0 Å². The number of carbonyl (C=O) groups excluding carboxylic acids is 2. The number of rotatable bonds is 5. The van der Waals surface area contributed by atoms with Gasteiger partial charge in [0.25, 0.3) is 5.91 Å². The Bertz CT molecular complexity index is 1260. The fourth-order valence-corrected chi connectivity index (χ4v) is 5.65. The van der Waals surface area contributed by atoms with E-state index in [0.717, 1.165) is 16.8 Å². The number of aliphatic imine (C=N–C) groups is 1. The molecule has 1 saturated carbocycles. The lowest BCUT2D eigenvalue weighted by molar-refractivity contribution is -0.124. The molecule has 0 radical (unpaired) electrons. The number of amides is 1. The van der Waals surface area contributed by atoms with Crippen LogP contribution in [0.15, 0.2) is 57.1 Å². The molecule has 1 amide bonds. The van der Waals surface area contributed by atoms with Crippen LogP contribution in [0.5, 0.6) is 11.5 Å². The molecule has 1 unspecified atom stereocenters. The van der Waals surface area contributed by atoms with Crippen LogP contribution in [0.2, 0.25) is 0 Å². The second-order valence-corrected chi connectivity index (χ2v) is 10.9. The molecule has 1 aliphatic heterocycles. The number of ketones is 1. The first-order valence-corrected chi connectivity index (χ1v) is 12.6. The van der Waals surface area contributed by atoms with E-state index >= 15 is 0 Å². The predicted molar refractivity (Wildman–Crippen MR) is 141 cm³/mol. The van der Waals surface area contributed by atoms with Crippen LogP contribution in [0.1, 0.15) is 57.6 Å². The van der Waals surface area contributed by atoms with E-state index in [9.17, 15) is 14.7 Å². The summed E-state index contributed by atoms with van der Waals surface area (Å²) in [6, 6.07) is 11.1. The summed E-state index contributed by atoms with van der Waals surface area (Å²) in [7, 11) is 0. The molecular weight excluding hydrogens is 508 g/mol. The number of ether oxygens (including phenoxy) is 1. The maximum atomic E-state index is 13.7. The van der Waals surface area contributed by atoms with Crippen LogP contribution >= 0.6 is 15.9 Å². The van der Waals surface area contributed by atoms with Crippen molar-refractivity contribution in [3.8, 4) is 11.5 Å². The van der Waals surface area contributed by atoms with E-state index in [2.05, 4.69) is 35.1 Å². The second kappa shape index (κ2) is 9.61. The number of halogens is 1. The minimum Gasteiger partial charge on any atom is -0.503 e. The van der Waals surface area contributed by atoms with E-state index in [1.165, 1.54) is 0 Å². The maximum absolute atomic E-state index is 13.7. The Kier molecular flexibility index (Phi) is 6.91. The molecule has 2 N–H and O–H groups in total. The number of hydrogen-bond donors (Lipinski definition) is 2. The summed E-state index contributed by atoms with van der Waals surface area (Å²) < 4.78 is 6.11. The predicted octanol–water partition coefficient (Wildman–Crippen LogP) is 6.32. The van der Waals surface area contributed by atoms with Gasteiger partial charge < -0.3 is 15.2 Å². The van der Waals surface area contributed by atoms with Crippen molar-refractivity contribution in [1.29, 1.82) is 0 Å². The topological polar surface area (TPSA) is 88.0 Å². The molecule has 2 atom stereocenters. The maximum Gasteiger partial charge on any atom is 0.254 e. The van der Waals surface area contributed by atoms with E-state index < -0.39 is 11.8 Å². The fraction of sp³-hybridized carbons (Fsp3) is 0.393. The number of benzene rings is 2. The molecular formula is C28H31BrN2O4. The highest BCUT2D eigenvalue weighted by atomic mass is 79.9. The number of nitrogens with zero attached hydrogens (tertiary/aromatic N) is 1. The van der Waals surface area contributed by atoms with E-state index in [1.54, 1.807) is 12.1 Å². The van der Waals surface area contributed by atoms with Crippen molar-refractivity contribution < 1.29 is 19.4 Å². The van der Waals surface area contributed by atoms with Gasteiger partial charge in [-0.1, -0.05) is 32.0 Å². The molecule has 0 bridgehead atoms. The van der Waals surface area contributed by atoms with Gasteiger partial charge in [0.15, 0.2) is 11.5 Å². The first kappa shape index (κ1) is 25.2. The molecule has 6 nitrogen and oxygen atoms in total. The van der Waals surface area contributed by atoms with Gasteiger partial charge in [0.1, 0.15) is 5.78 Å². The van der Waals surface area contributed by atoms with Gasteiger partial charge in [-0.3, -0.25) is 14.6 Å². The highest BCUT2D eigenvalue weighted by Gasteiger charge is 2.47. The number of hydrogen-bond acceptors (Lipinski definition) is 5. The normalized spacial score (nSPS) is 21.3. The average Bonchev–Trinajstić information content (AvgIpc) is 2.76. The number of anilines is 1. The quantitative estimate of drug-likeness (QED) is 0.466. The molecule has 2 aromatic rings. The summed E-state index contributed by atoms with van der Waals surface area (Å²) in [6.07, 6.45) is 1.10. The van der Waals surface area contributed by atoms with Crippen molar-refractivity contribution >= 4 is 39.0 Å². The molecule has 35 heavy (non-hydrogen) atoms. The van der Waals surface area contributed by atoms with Gasteiger partial charge in [-0.25, -0.2) is 0 Å². The number of allylic oxidation sites excluding steroid dienone is 1. The standard InChI is InChI=1S/C28H31BrN2O4/c1-6-35-22-12-17(11-18(29)26(22)33)24-23(27(34)31-19-10-8-7-9-15(19)2)16(3)30-20-13-28(4,5)14-21(32)25(20)24/h7-12,24-25,33H,6,13-14H2,1-5H3,(H,31,34)/t24-,25?/m1/s1. The Morgan fingerprint density at radius 2 is 1.91 bits per heavy atom. The average molecular weight is 539 g/mol. The number of Topliss-reactive ketones (excluding diaryl/α,β-unsaturated/α-hetero) is 1. The van der Waals surface area contributed by atoms with E-state index in [0.29, 0.717) is 46.6 Å². The number of para-hydroxylation sites is 1. The number of aryl methyl sites for hydroxylation is 1. The summed E-state index contributed by atoms with van der Waals surface area (Å²) in [5, 5.41) is 13.5. The molecule has 1 heterocycles. The summed E-state index contributed by atoms with van der Waals surface area (Å²) in [6.45, 7) is 10.1. The molecule has 0 saturated heterocycles. The lowest BCUT2D eigenvalue weighted by Crippen LogP contribution is -2.44. The third-order valence-corrected chi connectivity index (χ3v) is 7.32. The number of fused-ring (bicyclic) bond motifs is 1. The van der Waals surface area contributed by atoms with Crippen LogP contribution in [-0.4, -0.2) is 29.1 Å². The van der Waals surface area contributed by atoms with Crippen molar-refractivity contribution in [2.24, 2.45) is 16.3 Å². The largest absolute Gasteiger partial charge is 0.503 e. The molecule has 2 aliphatic rings. The lowest BCUT2D eigenvalue weighted by atomic mass is 9.63. The number of aromatic hydroxyl groups is 1. The van der Waals surface area contributed by atoms with Crippen LogP contribution in [-0.2, 0) is 9.59 Å². The molecule has 7 heteroatoms. The van der Waals surface area contributed by atoms with Gasteiger partial charge in [-0.05, 0) is 77.9 Å². The van der Waals surface area contributed by atoms with Crippen molar-refractivity contribution in [2.75, 3.05) is 11.9 Å². The van der Waals surface area contributed by atoms with Crippen molar-refractivity contribution in [2.45, 2.75) is 53.4 Å². The Morgan fingerprint density at radius 1 is 1.20 bits per heavy atom. The van der Waals surface area contributed by atoms with Crippen molar-refractivity contribution in [1.82, 2.24) is 0 Å². The minimum absolute atomic E-state index is 0.0111. The molecule has 2 aromatic carbocycles. The number of phenols is 1. The lowest BCUT2D eigenvalue weighted by Gasteiger charge is -2.41. The zero-order chi connectivity index (χ0) is 25.5. The SMILES string of the molecule is CCOc1cc([C@@H]2C(C(=O)Nc3ccccc3C)=C(C)N=C3CC(C)(C)CC(=O)C32)cc(Br)c1O. The fourth-order valence-electron chi connectivity index (χ4n) is 5.19. The highest BCUT2D eigenvalue weighted by molar-refractivity contribution is 9.10. The minimum atomic E-state index is -0.550. The van der Waals surface area contributed by atoms with Crippen molar-refractivity contribution in [3.05, 3.63) is 63.3 Å². The Balaban J connectivity index is 1.88.